The quantitative estimate of drug-likeness (QED) is 0.678. The summed E-state index contributed by atoms with van der Waals surface area (Å²) in [5, 5.41) is 9.28. The standard InChI is InChI=1S/C15H21ClO3/c1-2-3-4-5-6-9-19-11-13-8-7-12(15(17)18)10-14(13)16/h7-8,10H,2-6,9,11H2,1H3,(H,17,18). The zero-order valence-corrected chi connectivity index (χ0v) is 12.1. The predicted molar refractivity (Wildman–Crippen MR) is 76.8 cm³/mol. The molecule has 0 radical (unpaired) electrons. The van der Waals surface area contributed by atoms with E-state index in [1.165, 1.54) is 31.7 Å². The molecule has 19 heavy (non-hydrogen) atoms. The van der Waals surface area contributed by atoms with Gasteiger partial charge in [0.15, 0.2) is 0 Å². The number of unbranched alkanes of at least 4 members (excludes halogenated alkanes) is 4. The lowest BCUT2D eigenvalue weighted by Gasteiger charge is -2.07. The van der Waals surface area contributed by atoms with Crippen molar-refractivity contribution in [3.63, 3.8) is 0 Å². The van der Waals surface area contributed by atoms with Gasteiger partial charge in [0.05, 0.1) is 12.2 Å². The third kappa shape index (κ3) is 6.08. The lowest BCUT2D eigenvalue weighted by molar-refractivity contribution is 0.0696. The molecular formula is C15H21ClO3. The fourth-order valence-electron chi connectivity index (χ4n) is 1.79. The van der Waals surface area contributed by atoms with E-state index in [1.54, 1.807) is 12.1 Å². The Hall–Kier alpha value is -1.06. The van der Waals surface area contributed by atoms with E-state index in [4.69, 9.17) is 21.4 Å². The highest BCUT2D eigenvalue weighted by Crippen LogP contribution is 2.19. The highest BCUT2D eigenvalue weighted by molar-refractivity contribution is 6.31. The molecule has 4 heteroatoms. The fraction of sp³-hybridized carbons (Fsp3) is 0.533. The molecule has 0 saturated carbocycles. The molecule has 1 N–H and O–H groups in total. The molecule has 0 aromatic heterocycles. The van der Waals surface area contributed by atoms with E-state index in [-0.39, 0.29) is 5.56 Å². The molecule has 1 rings (SSSR count). The fourth-order valence-corrected chi connectivity index (χ4v) is 2.02. The molecule has 0 atom stereocenters. The maximum absolute atomic E-state index is 10.8. The van der Waals surface area contributed by atoms with Crippen LogP contribution in [0.3, 0.4) is 0 Å². The molecule has 0 heterocycles. The first-order valence-electron chi connectivity index (χ1n) is 6.74. The van der Waals surface area contributed by atoms with Crippen molar-refractivity contribution < 1.29 is 14.6 Å². The second-order valence-electron chi connectivity index (χ2n) is 4.58. The van der Waals surface area contributed by atoms with Gasteiger partial charge in [0, 0.05) is 11.6 Å². The number of carboxylic acid groups (broad SMARTS) is 1. The van der Waals surface area contributed by atoms with Crippen LogP contribution in [0.1, 0.15) is 54.9 Å². The van der Waals surface area contributed by atoms with Gasteiger partial charge in [-0.15, -0.1) is 0 Å². The summed E-state index contributed by atoms with van der Waals surface area (Å²) in [5.74, 6) is -0.967. The van der Waals surface area contributed by atoms with Crippen LogP contribution in [0.5, 0.6) is 0 Å². The summed E-state index contributed by atoms with van der Waals surface area (Å²) in [7, 11) is 0. The number of hydrogen-bond donors (Lipinski definition) is 1. The minimum absolute atomic E-state index is 0.202. The van der Waals surface area contributed by atoms with E-state index in [0.29, 0.717) is 11.6 Å². The van der Waals surface area contributed by atoms with Crippen molar-refractivity contribution in [2.45, 2.75) is 45.6 Å². The minimum atomic E-state index is -0.967. The zero-order chi connectivity index (χ0) is 14.1. The van der Waals surface area contributed by atoms with Gasteiger partial charge in [0.25, 0.3) is 0 Å². The van der Waals surface area contributed by atoms with Crippen molar-refractivity contribution in [2.24, 2.45) is 0 Å². The number of benzene rings is 1. The number of aromatic carboxylic acids is 1. The Morgan fingerprint density at radius 1 is 1.26 bits per heavy atom. The maximum atomic E-state index is 10.8. The van der Waals surface area contributed by atoms with Crippen LogP contribution in [0.15, 0.2) is 18.2 Å². The first-order valence-corrected chi connectivity index (χ1v) is 7.12. The molecule has 0 saturated heterocycles. The van der Waals surface area contributed by atoms with Crippen LogP contribution in [0.2, 0.25) is 5.02 Å². The summed E-state index contributed by atoms with van der Waals surface area (Å²) < 4.78 is 5.55. The maximum Gasteiger partial charge on any atom is 0.335 e. The van der Waals surface area contributed by atoms with Crippen LogP contribution in [0.4, 0.5) is 0 Å². The lowest BCUT2D eigenvalue weighted by Crippen LogP contribution is -2.00. The van der Waals surface area contributed by atoms with Crippen LogP contribution < -0.4 is 0 Å². The summed E-state index contributed by atoms with van der Waals surface area (Å²) in [5.41, 5.74) is 1.04. The van der Waals surface area contributed by atoms with Crippen molar-refractivity contribution in [3.8, 4) is 0 Å². The number of carboxylic acids is 1. The zero-order valence-electron chi connectivity index (χ0n) is 11.3. The van der Waals surface area contributed by atoms with Crippen LogP contribution in [-0.4, -0.2) is 17.7 Å². The number of carbonyl (C=O) groups is 1. The summed E-state index contributed by atoms with van der Waals surface area (Å²) in [4.78, 5) is 10.8. The normalized spacial score (nSPS) is 10.6. The predicted octanol–water partition coefficient (Wildman–Crippen LogP) is 4.53. The van der Waals surface area contributed by atoms with E-state index in [1.807, 2.05) is 0 Å². The summed E-state index contributed by atoms with van der Waals surface area (Å²) in [6, 6.07) is 4.72. The molecule has 0 unspecified atom stereocenters. The molecule has 1 aromatic rings. The molecule has 0 aliphatic carbocycles. The highest BCUT2D eigenvalue weighted by atomic mass is 35.5. The second kappa shape index (κ2) is 8.94. The van der Waals surface area contributed by atoms with Crippen LogP contribution >= 0.6 is 11.6 Å². The van der Waals surface area contributed by atoms with Gasteiger partial charge in [0.1, 0.15) is 0 Å². The van der Waals surface area contributed by atoms with Gasteiger partial charge < -0.3 is 9.84 Å². The SMILES string of the molecule is CCCCCCCOCc1ccc(C(=O)O)cc1Cl. The Morgan fingerprint density at radius 3 is 2.63 bits per heavy atom. The Kier molecular flexibility index (Phi) is 7.53. The molecule has 0 aliphatic rings. The lowest BCUT2D eigenvalue weighted by atomic mass is 10.1. The molecule has 1 aromatic carbocycles. The smallest absolute Gasteiger partial charge is 0.335 e. The average molecular weight is 285 g/mol. The Bertz CT molecular complexity index is 404. The third-order valence-corrected chi connectivity index (χ3v) is 3.30. The topological polar surface area (TPSA) is 46.5 Å². The Labute approximate surface area is 119 Å². The molecule has 0 bridgehead atoms. The van der Waals surface area contributed by atoms with Gasteiger partial charge in [-0.25, -0.2) is 4.79 Å². The number of ether oxygens (including phenoxy) is 1. The summed E-state index contributed by atoms with van der Waals surface area (Å²) >= 11 is 6.01. The number of hydrogen-bond acceptors (Lipinski definition) is 2. The van der Waals surface area contributed by atoms with E-state index in [2.05, 4.69) is 6.92 Å². The van der Waals surface area contributed by atoms with E-state index in [9.17, 15) is 4.79 Å². The van der Waals surface area contributed by atoms with Crippen molar-refractivity contribution in [1.29, 1.82) is 0 Å². The molecule has 0 fully saturated rings. The Morgan fingerprint density at radius 2 is 2.00 bits per heavy atom. The second-order valence-corrected chi connectivity index (χ2v) is 4.99. The molecule has 0 spiro atoms. The van der Waals surface area contributed by atoms with Gasteiger partial charge in [-0.05, 0) is 24.1 Å². The molecular weight excluding hydrogens is 264 g/mol. The Balaban J connectivity index is 2.28. The van der Waals surface area contributed by atoms with Gasteiger partial charge >= 0.3 is 5.97 Å². The first kappa shape index (κ1) is 16.0. The van der Waals surface area contributed by atoms with Crippen LogP contribution in [0.25, 0.3) is 0 Å². The number of halogens is 1. The van der Waals surface area contributed by atoms with Gasteiger partial charge in [-0.3, -0.25) is 0 Å². The van der Waals surface area contributed by atoms with E-state index >= 15 is 0 Å². The van der Waals surface area contributed by atoms with E-state index < -0.39 is 5.97 Å². The van der Waals surface area contributed by atoms with Gasteiger partial charge in [-0.1, -0.05) is 50.3 Å². The largest absolute Gasteiger partial charge is 0.478 e. The molecule has 0 amide bonds. The molecule has 106 valence electrons. The van der Waals surface area contributed by atoms with E-state index in [0.717, 1.165) is 18.6 Å². The summed E-state index contributed by atoms with van der Waals surface area (Å²) in [6.07, 6.45) is 6.03. The number of rotatable bonds is 9. The highest BCUT2D eigenvalue weighted by Gasteiger charge is 2.06. The van der Waals surface area contributed by atoms with Crippen LogP contribution in [0, 0.1) is 0 Å². The van der Waals surface area contributed by atoms with Crippen LogP contribution in [-0.2, 0) is 11.3 Å². The van der Waals surface area contributed by atoms with Crippen molar-refractivity contribution >= 4 is 17.6 Å². The van der Waals surface area contributed by atoms with Gasteiger partial charge in [-0.2, -0.15) is 0 Å². The minimum Gasteiger partial charge on any atom is -0.478 e. The third-order valence-electron chi connectivity index (χ3n) is 2.95. The van der Waals surface area contributed by atoms with Gasteiger partial charge in [0.2, 0.25) is 0 Å². The molecule has 0 aliphatic heterocycles. The monoisotopic (exact) mass is 284 g/mol. The van der Waals surface area contributed by atoms with Crippen molar-refractivity contribution in [3.05, 3.63) is 34.3 Å². The molecule has 3 nitrogen and oxygen atoms in total. The first-order chi connectivity index (χ1) is 9.15. The summed E-state index contributed by atoms with van der Waals surface area (Å²) in [6.45, 7) is 3.35. The average Bonchev–Trinajstić information content (AvgIpc) is 2.39. The van der Waals surface area contributed by atoms with Crippen molar-refractivity contribution in [1.82, 2.24) is 0 Å². The van der Waals surface area contributed by atoms with Crippen molar-refractivity contribution in [2.75, 3.05) is 6.61 Å².